The molecule has 0 radical (unpaired) electrons. The second kappa shape index (κ2) is 7.50. The second-order valence-corrected chi connectivity index (χ2v) is 7.23. The molecule has 0 bridgehead atoms. The Morgan fingerprint density at radius 3 is 2.96 bits per heavy atom. The average molecular weight is 383 g/mol. The molecule has 2 heterocycles. The smallest absolute Gasteiger partial charge is 0.251 e. The van der Waals surface area contributed by atoms with Crippen molar-refractivity contribution in [1.82, 2.24) is 5.32 Å². The van der Waals surface area contributed by atoms with Crippen molar-refractivity contribution in [3.63, 3.8) is 0 Å². The molecule has 0 aromatic heterocycles. The van der Waals surface area contributed by atoms with Crippen LogP contribution in [0.3, 0.4) is 0 Å². The van der Waals surface area contributed by atoms with E-state index in [1.165, 1.54) is 6.07 Å². The van der Waals surface area contributed by atoms with E-state index in [0.717, 1.165) is 0 Å². The number of hydrogen-bond donors (Lipinski definition) is 3. The number of amides is 2. The highest BCUT2D eigenvalue weighted by molar-refractivity contribution is 6.00. The number of carbonyl (C=O) groups is 2. The molecule has 28 heavy (non-hydrogen) atoms. The van der Waals surface area contributed by atoms with Crippen LogP contribution >= 0.6 is 0 Å². The molecular weight excluding hydrogens is 361 g/mol. The van der Waals surface area contributed by atoms with Crippen LogP contribution in [0.4, 0.5) is 15.8 Å². The van der Waals surface area contributed by atoms with E-state index in [9.17, 15) is 14.0 Å². The van der Waals surface area contributed by atoms with E-state index in [0.29, 0.717) is 48.4 Å². The number of rotatable bonds is 2. The molecule has 0 saturated carbocycles. The summed E-state index contributed by atoms with van der Waals surface area (Å²) in [6.07, 6.45) is 1.74. The summed E-state index contributed by atoms with van der Waals surface area (Å²) in [7, 11) is 0. The molecule has 0 saturated heterocycles. The van der Waals surface area contributed by atoms with Crippen LogP contribution in [0.2, 0.25) is 0 Å². The Hall–Kier alpha value is -3.09. The van der Waals surface area contributed by atoms with Crippen molar-refractivity contribution < 1.29 is 18.7 Å². The largest absolute Gasteiger partial charge is 0.490 e. The van der Waals surface area contributed by atoms with Gasteiger partial charge in [-0.05, 0) is 44.0 Å². The number of hydrogen-bond acceptors (Lipinski definition) is 4. The van der Waals surface area contributed by atoms with Gasteiger partial charge in [-0.3, -0.25) is 9.59 Å². The maximum absolute atomic E-state index is 14.1. The van der Waals surface area contributed by atoms with E-state index in [4.69, 9.17) is 4.74 Å². The molecule has 7 heteroatoms. The van der Waals surface area contributed by atoms with Crippen molar-refractivity contribution in [3.05, 3.63) is 53.3 Å². The molecule has 2 aromatic carbocycles. The minimum atomic E-state index is -0.419. The SMILES string of the molecule is CC1CC(=O)Nc2ccc(C(=O)NC3CCCOc4c(F)cccc43)cc2N1. The maximum Gasteiger partial charge on any atom is 0.251 e. The minimum Gasteiger partial charge on any atom is -0.490 e. The van der Waals surface area contributed by atoms with Gasteiger partial charge in [0.1, 0.15) is 0 Å². The molecule has 0 aliphatic carbocycles. The van der Waals surface area contributed by atoms with E-state index >= 15 is 0 Å². The second-order valence-electron chi connectivity index (χ2n) is 7.23. The summed E-state index contributed by atoms with van der Waals surface area (Å²) < 4.78 is 19.6. The summed E-state index contributed by atoms with van der Waals surface area (Å²) in [6, 6.07) is 9.52. The van der Waals surface area contributed by atoms with Gasteiger partial charge in [0.05, 0.1) is 24.0 Å². The quantitative estimate of drug-likeness (QED) is 0.740. The number of carbonyl (C=O) groups excluding carboxylic acids is 2. The van der Waals surface area contributed by atoms with Crippen LogP contribution in [-0.4, -0.2) is 24.5 Å². The Labute approximate surface area is 162 Å². The predicted octanol–water partition coefficient (Wildman–Crippen LogP) is 3.61. The fourth-order valence-corrected chi connectivity index (χ4v) is 3.67. The highest BCUT2D eigenvalue weighted by Gasteiger charge is 2.25. The molecule has 146 valence electrons. The summed E-state index contributed by atoms with van der Waals surface area (Å²) in [5.74, 6) is -0.522. The topological polar surface area (TPSA) is 79.5 Å². The minimum absolute atomic E-state index is 0.0339. The molecular formula is C21H22FN3O3. The lowest BCUT2D eigenvalue weighted by molar-refractivity contribution is -0.116. The number of para-hydroxylation sites is 1. The summed E-state index contributed by atoms with van der Waals surface area (Å²) in [4.78, 5) is 24.7. The van der Waals surface area contributed by atoms with Gasteiger partial charge in [0.2, 0.25) is 5.91 Å². The zero-order valence-corrected chi connectivity index (χ0v) is 15.5. The Morgan fingerprint density at radius 1 is 1.25 bits per heavy atom. The highest BCUT2D eigenvalue weighted by atomic mass is 19.1. The van der Waals surface area contributed by atoms with Crippen LogP contribution in [-0.2, 0) is 4.79 Å². The molecule has 6 nitrogen and oxygen atoms in total. The first-order valence-corrected chi connectivity index (χ1v) is 9.44. The molecule has 3 N–H and O–H groups in total. The summed E-state index contributed by atoms with van der Waals surface area (Å²) >= 11 is 0. The monoisotopic (exact) mass is 383 g/mol. The van der Waals surface area contributed by atoms with Gasteiger partial charge in [-0.25, -0.2) is 4.39 Å². The van der Waals surface area contributed by atoms with Gasteiger partial charge < -0.3 is 20.7 Å². The number of ether oxygens (including phenoxy) is 1. The van der Waals surface area contributed by atoms with Gasteiger partial charge in [0.25, 0.3) is 5.91 Å². The van der Waals surface area contributed by atoms with Crippen LogP contribution < -0.4 is 20.7 Å². The molecule has 2 amide bonds. The predicted molar refractivity (Wildman–Crippen MR) is 104 cm³/mol. The van der Waals surface area contributed by atoms with Crippen molar-refractivity contribution >= 4 is 23.2 Å². The Kier molecular flexibility index (Phi) is 4.90. The fraction of sp³-hybridized carbons (Fsp3) is 0.333. The third kappa shape index (κ3) is 3.65. The van der Waals surface area contributed by atoms with Gasteiger partial charge in [-0.2, -0.15) is 0 Å². The standard InChI is InChI=1S/C21H22FN3O3/c1-12-10-19(26)24-17-8-7-13(11-18(17)23-12)21(27)25-16-6-3-9-28-20-14(16)4-2-5-15(20)22/h2,4-5,7-8,11-12,16,23H,3,6,9-10H2,1H3,(H,24,26)(H,25,27). The molecule has 2 aliphatic heterocycles. The molecule has 0 spiro atoms. The Balaban J connectivity index is 1.58. The van der Waals surface area contributed by atoms with Gasteiger partial charge >= 0.3 is 0 Å². The van der Waals surface area contributed by atoms with E-state index < -0.39 is 5.82 Å². The molecule has 2 unspecified atom stereocenters. The third-order valence-electron chi connectivity index (χ3n) is 5.01. The lowest BCUT2D eigenvalue weighted by atomic mass is 10.0. The van der Waals surface area contributed by atoms with Crippen molar-refractivity contribution in [1.29, 1.82) is 0 Å². The van der Waals surface area contributed by atoms with Crippen molar-refractivity contribution in [3.8, 4) is 5.75 Å². The van der Waals surface area contributed by atoms with Gasteiger partial charge in [-0.1, -0.05) is 12.1 Å². The lowest BCUT2D eigenvalue weighted by Crippen LogP contribution is -2.28. The van der Waals surface area contributed by atoms with E-state index in [1.807, 2.05) is 6.92 Å². The molecule has 0 fully saturated rings. The van der Waals surface area contributed by atoms with Crippen molar-refractivity contribution in [2.24, 2.45) is 0 Å². The zero-order chi connectivity index (χ0) is 19.7. The van der Waals surface area contributed by atoms with E-state index in [2.05, 4.69) is 16.0 Å². The number of nitrogens with one attached hydrogen (secondary N) is 3. The van der Waals surface area contributed by atoms with Crippen LogP contribution in [0.15, 0.2) is 36.4 Å². The first kappa shape index (κ1) is 18.3. The fourth-order valence-electron chi connectivity index (χ4n) is 3.67. The molecule has 4 rings (SSSR count). The zero-order valence-electron chi connectivity index (χ0n) is 15.5. The Morgan fingerprint density at radius 2 is 2.11 bits per heavy atom. The number of anilines is 2. The number of halogens is 1. The van der Waals surface area contributed by atoms with E-state index in [1.54, 1.807) is 30.3 Å². The van der Waals surface area contributed by atoms with Gasteiger partial charge in [0, 0.05) is 23.6 Å². The lowest BCUT2D eigenvalue weighted by Gasteiger charge is -2.19. The number of fused-ring (bicyclic) bond motifs is 2. The Bertz CT molecular complexity index is 931. The van der Waals surface area contributed by atoms with E-state index in [-0.39, 0.29) is 29.6 Å². The third-order valence-corrected chi connectivity index (χ3v) is 5.01. The normalized spacial score (nSPS) is 21.0. The van der Waals surface area contributed by atoms with Gasteiger partial charge in [0.15, 0.2) is 11.6 Å². The molecule has 2 aliphatic rings. The summed E-state index contributed by atoms with van der Waals surface area (Å²) in [5.41, 5.74) is 2.49. The first-order chi connectivity index (χ1) is 13.5. The highest BCUT2D eigenvalue weighted by Crippen LogP contribution is 2.34. The first-order valence-electron chi connectivity index (χ1n) is 9.44. The van der Waals surface area contributed by atoms with Crippen LogP contribution in [0.1, 0.15) is 48.1 Å². The van der Waals surface area contributed by atoms with Crippen LogP contribution in [0.25, 0.3) is 0 Å². The number of benzene rings is 2. The molecule has 2 aromatic rings. The van der Waals surface area contributed by atoms with Crippen molar-refractivity contribution in [2.45, 2.75) is 38.3 Å². The summed E-state index contributed by atoms with van der Waals surface area (Å²) in [6.45, 7) is 2.33. The molecule has 2 atom stereocenters. The average Bonchev–Trinajstić information content (AvgIpc) is 2.94. The van der Waals surface area contributed by atoms with Crippen LogP contribution in [0.5, 0.6) is 5.75 Å². The van der Waals surface area contributed by atoms with Crippen LogP contribution in [0, 0.1) is 5.82 Å². The summed E-state index contributed by atoms with van der Waals surface area (Å²) in [5, 5.41) is 9.09. The van der Waals surface area contributed by atoms with Crippen molar-refractivity contribution in [2.75, 3.05) is 17.2 Å². The maximum atomic E-state index is 14.1. The van der Waals surface area contributed by atoms with Gasteiger partial charge in [-0.15, -0.1) is 0 Å².